The summed E-state index contributed by atoms with van der Waals surface area (Å²) in [5.74, 6) is 1.38. The Labute approximate surface area is 102 Å². The maximum absolute atomic E-state index is 9.16. The Morgan fingerprint density at radius 1 is 1.00 bits per heavy atom. The quantitative estimate of drug-likeness (QED) is 0.791. The first-order chi connectivity index (χ1) is 8.00. The highest BCUT2D eigenvalue weighted by atomic mass is 16.5. The summed E-state index contributed by atoms with van der Waals surface area (Å²) in [5, 5.41) is 18.3. The number of aliphatic hydroxyl groups is 2. The molecule has 0 radical (unpaired) electrons. The normalized spacial score (nSPS) is 14.2. The summed E-state index contributed by atoms with van der Waals surface area (Å²) in [6.07, 6.45) is -1.01. The van der Waals surface area contributed by atoms with Gasteiger partial charge in [0.2, 0.25) is 0 Å². The van der Waals surface area contributed by atoms with E-state index in [2.05, 4.69) is 0 Å². The molecule has 0 heterocycles. The third kappa shape index (κ3) is 4.63. The van der Waals surface area contributed by atoms with Crippen LogP contribution in [0.1, 0.15) is 19.4 Å². The fraction of sp³-hybridized carbons (Fsp3) is 0.538. The molecule has 4 heteroatoms. The Hall–Kier alpha value is -1.26. The fourth-order valence-corrected chi connectivity index (χ4v) is 1.33. The predicted molar refractivity (Wildman–Crippen MR) is 65.5 cm³/mol. The van der Waals surface area contributed by atoms with E-state index in [0.29, 0.717) is 11.5 Å². The lowest BCUT2D eigenvalue weighted by molar-refractivity contribution is 0.117. The Kier molecular flexibility index (Phi) is 5.25. The molecule has 0 fully saturated rings. The molecular weight excluding hydrogens is 220 g/mol. The third-order valence-electron chi connectivity index (χ3n) is 2.19. The molecule has 0 aliphatic carbocycles. The molecule has 0 aromatic heterocycles. The molecule has 0 aliphatic rings. The minimum Gasteiger partial charge on any atom is -0.490 e. The number of rotatable bonds is 6. The number of benzene rings is 1. The molecular formula is C13H20O4. The second-order valence-electron chi connectivity index (χ2n) is 4.20. The van der Waals surface area contributed by atoms with Crippen LogP contribution in [0, 0.1) is 6.92 Å². The monoisotopic (exact) mass is 240 g/mol. The van der Waals surface area contributed by atoms with Gasteiger partial charge in [-0.2, -0.15) is 0 Å². The first kappa shape index (κ1) is 13.8. The summed E-state index contributed by atoms with van der Waals surface area (Å²) in [4.78, 5) is 0. The van der Waals surface area contributed by atoms with Crippen molar-refractivity contribution in [3.63, 3.8) is 0 Å². The average molecular weight is 240 g/mol. The average Bonchev–Trinajstić information content (AvgIpc) is 2.25. The largest absolute Gasteiger partial charge is 0.490 e. The van der Waals surface area contributed by atoms with Crippen molar-refractivity contribution < 1.29 is 19.7 Å². The van der Waals surface area contributed by atoms with Gasteiger partial charge in [-0.05, 0) is 32.9 Å². The van der Waals surface area contributed by atoms with Crippen LogP contribution < -0.4 is 9.47 Å². The molecule has 1 aromatic carbocycles. The third-order valence-corrected chi connectivity index (χ3v) is 2.19. The first-order valence-corrected chi connectivity index (χ1v) is 5.72. The van der Waals surface area contributed by atoms with Crippen molar-refractivity contribution in [1.82, 2.24) is 0 Å². The van der Waals surface area contributed by atoms with E-state index in [-0.39, 0.29) is 13.2 Å². The topological polar surface area (TPSA) is 58.9 Å². The molecule has 2 atom stereocenters. The van der Waals surface area contributed by atoms with Crippen LogP contribution in [-0.4, -0.2) is 35.6 Å². The molecule has 0 aliphatic heterocycles. The van der Waals surface area contributed by atoms with Crippen LogP contribution >= 0.6 is 0 Å². The number of ether oxygens (including phenoxy) is 2. The second-order valence-corrected chi connectivity index (χ2v) is 4.20. The van der Waals surface area contributed by atoms with Crippen LogP contribution in [0.4, 0.5) is 0 Å². The van der Waals surface area contributed by atoms with Gasteiger partial charge < -0.3 is 19.7 Å². The van der Waals surface area contributed by atoms with Crippen molar-refractivity contribution in [2.24, 2.45) is 0 Å². The van der Waals surface area contributed by atoms with Gasteiger partial charge in [0.1, 0.15) is 24.7 Å². The second kappa shape index (κ2) is 6.47. The zero-order valence-electron chi connectivity index (χ0n) is 10.5. The van der Waals surface area contributed by atoms with Crippen LogP contribution in [0.3, 0.4) is 0 Å². The Morgan fingerprint density at radius 3 is 1.76 bits per heavy atom. The SMILES string of the molecule is Cc1c(OCC(C)O)cccc1OCC(C)O. The van der Waals surface area contributed by atoms with E-state index in [4.69, 9.17) is 19.7 Å². The van der Waals surface area contributed by atoms with Crippen molar-refractivity contribution in [2.75, 3.05) is 13.2 Å². The van der Waals surface area contributed by atoms with E-state index < -0.39 is 12.2 Å². The van der Waals surface area contributed by atoms with Crippen LogP contribution in [0.25, 0.3) is 0 Å². The summed E-state index contributed by atoms with van der Waals surface area (Å²) in [5.41, 5.74) is 0.869. The smallest absolute Gasteiger partial charge is 0.126 e. The minimum atomic E-state index is -0.503. The zero-order chi connectivity index (χ0) is 12.8. The molecule has 2 N–H and O–H groups in total. The minimum absolute atomic E-state index is 0.251. The standard InChI is InChI=1S/C13H20O4/c1-9(14)7-16-12-5-4-6-13(11(12)3)17-8-10(2)15/h4-6,9-10,14-15H,7-8H2,1-3H3. The van der Waals surface area contributed by atoms with Crippen LogP contribution in [0.15, 0.2) is 18.2 Å². The molecule has 0 saturated heterocycles. The van der Waals surface area contributed by atoms with E-state index in [1.807, 2.05) is 25.1 Å². The van der Waals surface area contributed by atoms with Gasteiger partial charge in [-0.15, -0.1) is 0 Å². The summed E-state index contributed by atoms with van der Waals surface area (Å²) in [7, 11) is 0. The van der Waals surface area contributed by atoms with E-state index in [1.54, 1.807) is 13.8 Å². The molecule has 1 aromatic rings. The number of aliphatic hydroxyl groups excluding tert-OH is 2. The molecule has 1 rings (SSSR count). The van der Waals surface area contributed by atoms with Crippen molar-refractivity contribution in [2.45, 2.75) is 33.0 Å². The van der Waals surface area contributed by atoms with Crippen molar-refractivity contribution in [3.05, 3.63) is 23.8 Å². The molecule has 17 heavy (non-hydrogen) atoms. The van der Waals surface area contributed by atoms with Gasteiger partial charge in [-0.3, -0.25) is 0 Å². The lowest BCUT2D eigenvalue weighted by atomic mass is 10.2. The fourth-order valence-electron chi connectivity index (χ4n) is 1.33. The molecule has 0 saturated carbocycles. The molecule has 2 unspecified atom stereocenters. The van der Waals surface area contributed by atoms with Crippen LogP contribution in [0.2, 0.25) is 0 Å². The highest BCUT2D eigenvalue weighted by molar-refractivity contribution is 5.43. The van der Waals surface area contributed by atoms with Crippen molar-refractivity contribution >= 4 is 0 Å². The van der Waals surface area contributed by atoms with E-state index in [9.17, 15) is 0 Å². The molecule has 0 spiro atoms. The van der Waals surface area contributed by atoms with Gasteiger partial charge in [0.05, 0.1) is 12.2 Å². The highest BCUT2D eigenvalue weighted by Crippen LogP contribution is 2.27. The highest BCUT2D eigenvalue weighted by Gasteiger charge is 2.08. The Bertz CT molecular complexity index is 317. The van der Waals surface area contributed by atoms with Gasteiger partial charge in [-0.1, -0.05) is 6.07 Å². The van der Waals surface area contributed by atoms with Gasteiger partial charge in [0, 0.05) is 5.56 Å². The van der Waals surface area contributed by atoms with Crippen LogP contribution in [0.5, 0.6) is 11.5 Å². The Balaban J connectivity index is 2.69. The maximum atomic E-state index is 9.16. The molecule has 4 nitrogen and oxygen atoms in total. The lowest BCUT2D eigenvalue weighted by Crippen LogP contribution is -2.15. The summed E-state index contributed by atoms with van der Waals surface area (Å²) in [6.45, 7) is 5.72. The number of hydrogen-bond donors (Lipinski definition) is 2. The van der Waals surface area contributed by atoms with E-state index >= 15 is 0 Å². The van der Waals surface area contributed by atoms with Crippen molar-refractivity contribution in [1.29, 1.82) is 0 Å². The van der Waals surface area contributed by atoms with Crippen LogP contribution in [-0.2, 0) is 0 Å². The summed E-state index contributed by atoms with van der Waals surface area (Å²) >= 11 is 0. The summed E-state index contributed by atoms with van der Waals surface area (Å²) in [6, 6.07) is 5.47. The lowest BCUT2D eigenvalue weighted by Gasteiger charge is -2.15. The molecule has 96 valence electrons. The Morgan fingerprint density at radius 2 is 1.41 bits per heavy atom. The molecule has 0 bridgehead atoms. The van der Waals surface area contributed by atoms with E-state index in [0.717, 1.165) is 5.56 Å². The van der Waals surface area contributed by atoms with Gasteiger partial charge in [0.25, 0.3) is 0 Å². The van der Waals surface area contributed by atoms with Crippen molar-refractivity contribution in [3.8, 4) is 11.5 Å². The number of hydrogen-bond acceptors (Lipinski definition) is 4. The first-order valence-electron chi connectivity index (χ1n) is 5.72. The van der Waals surface area contributed by atoms with Gasteiger partial charge in [-0.25, -0.2) is 0 Å². The summed E-state index contributed by atoms with van der Waals surface area (Å²) < 4.78 is 10.9. The zero-order valence-corrected chi connectivity index (χ0v) is 10.5. The molecule has 0 amide bonds. The predicted octanol–water partition coefficient (Wildman–Crippen LogP) is 1.51. The van der Waals surface area contributed by atoms with Gasteiger partial charge in [0.15, 0.2) is 0 Å². The van der Waals surface area contributed by atoms with Gasteiger partial charge >= 0.3 is 0 Å². The maximum Gasteiger partial charge on any atom is 0.126 e. The van der Waals surface area contributed by atoms with E-state index in [1.165, 1.54) is 0 Å².